The van der Waals surface area contributed by atoms with Gasteiger partial charge in [-0.25, -0.2) is 0 Å². The van der Waals surface area contributed by atoms with Crippen LogP contribution in [0.3, 0.4) is 0 Å². The predicted molar refractivity (Wildman–Crippen MR) is 91.3 cm³/mol. The number of carbonyl (C=O) groups excluding carboxylic acids is 2. The number of ether oxygens (including phenoxy) is 1. The summed E-state index contributed by atoms with van der Waals surface area (Å²) < 4.78 is 5.45. The van der Waals surface area contributed by atoms with Crippen LogP contribution in [-0.2, 0) is 13.0 Å². The van der Waals surface area contributed by atoms with E-state index in [-0.39, 0.29) is 11.8 Å². The smallest absolute Gasteiger partial charge is 0.251 e. The lowest BCUT2D eigenvalue weighted by atomic mass is 10.1. The first kappa shape index (κ1) is 16.1. The van der Waals surface area contributed by atoms with E-state index in [2.05, 4.69) is 10.6 Å². The van der Waals surface area contributed by atoms with Crippen LogP contribution in [0, 0.1) is 0 Å². The molecule has 2 aromatic rings. The van der Waals surface area contributed by atoms with Gasteiger partial charge >= 0.3 is 0 Å². The van der Waals surface area contributed by atoms with Gasteiger partial charge in [0.05, 0.1) is 6.61 Å². The second-order valence-corrected chi connectivity index (χ2v) is 5.66. The van der Waals surface area contributed by atoms with Crippen molar-refractivity contribution in [2.45, 2.75) is 19.9 Å². The van der Waals surface area contributed by atoms with Gasteiger partial charge < -0.3 is 15.4 Å². The van der Waals surface area contributed by atoms with E-state index in [0.29, 0.717) is 30.8 Å². The van der Waals surface area contributed by atoms with Gasteiger partial charge in [0.2, 0.25) is 0 Å². The average molecular weight is 324 g/mol. The molecule has 2 aromatic carbocycles. The minimum Gasteiger partial charge on any atom is -0.493 e. The Balaban J connectivity index is 1.59. The fraction of sp³-hybridized carbons (Fsp3) is 0.263. The van der Waals surface area contributed by atoms with Gasteiger partial charge in [0.15, 0.2) is 0 Å². The van der Waals surface area contributed by atoms with Crippen molar-refractivity contribution in [3.63, 3.8) is 0 Å². The molecule has 1 aliphatic heterocycles. The molecular weight excluding hydrogens is 304 g/mol. The van der Waals surface area contributed by atoms with Crippen LogP contribution >= 0.6 is 0 Å². The molecule has 1 heterocycles. The predicted octanol–water partition coefficient (Wildman–Crippen LogP) is 2.30. The van der Waals surface area contributed by atoms with Crippen molar-refractivity contribution in [3.05, 3.63) is 64.7 Å². The number of benzene rings is 2. The molecule has 0 saturated heterocycles. The molecule has 0 unspecified atom stereocenters. The zero-order chi connectivity index (χ0) is 16.9. The molecule has 2 amide bonds. The van der Waals surface area contributed by atoms with Gasteiger partial charge in [-0.1, -0.05) is 12.1 Å². The Labute approximate surface area is 141 Å². The van der Waals surface area contributed by atoms with E-state index >= 15 is 0 Å². The quantitative estimate of drug-likeness (QED) is 0.887. The number of hydrogen-bond acceptors (Lipinski definition) is 3. The maximum absolute atomic E-state index is 12.3. The Morgan fingerprint density at radius 3 is 2.46 bits per heavy atom. The van der Waals surface area contributed by atoms with Crippen LogP contribution in [-0.4, -0.2) is 25.0 Å². The third-order valence-electron chi connectivity index (χ3n) is 3.96. The molecule has 1 aliphatic rings. The van der Waals surface area contributed by atoms with Crippen LogP contribution < -0.4 is 15.4 Å². The van der Waals surface area contributed by atoms with Gasteiger partial charge in [0, 0.05) is 30.6 Å². The molecule has 0 spiro atoms. The van der Waals surface area contributed by atoms with Crippen molar-refractivity contribution in [1.29, 1.82) is 0 Å². The van der Waals surface area contributed by atoms with Crippen molar-refractivity contribution >= 4 is 11.8 Å². The lowest BCUT2D eigenvalue weighted by molar-refractivity contribution is 0.0943. The van der Waals surface area contributed by atoms with Crippen LogP contribution in [0.4, 0.5) is 0 Å². The molecule has 0 aliphatic carbocycles. The zero-order valence-corrected chi connectivity index (χ0v) is 13.6. The van der Waals surface area contributed by atoms with Crippen LogP contribution in [0.2, 0.25) is 0 Å². The molecule has 0 bridgehead atoms. The Morgan fingerprint density at radius 2 is 1.71 bits per heavy atom. The third kappa shape index (κ3) is 3.56. The van der Waals surface area contributed by atoms with E-state index < -0.39 is 0 Å². The molecule has 124 valence electrons. The number of hydrogen-bond donors (Lipinski definition) is 2. The van der Waals surface area contributed by atoms with Crippen molar-refractivity contribution in [3.8, 4) is 5.75 Å². The number of nitrogens with one attached hydrogen (secondary N) is 2. The summed E-state index contributed by atoms with van der Waals surface area (Å²) in [5.41, 5.74) is 3.28. The standard InChI is InChI=1S/C19H20N2O3/c1-2-20-18(22)14-5-3-13(4-6-14)12-21-19(23)16-7-8-17-15(11-16)9-10-24-17/h3-8,11H,2,9-10,12H2,1H3,(H,20,22)(H,21,23). The fourth-order valence-electron chi connectivity index (χ4n) is 2.65. The van der Waals surface area contributed by atoms with E-state index in [1.54, 1.807) is 18.2 Å². The van der Waals surface area contributed by atoms with Crippen LogP contribution in [0.25, 0.3) is 0 Å². The van der Waals surface area contributed by atoms with E-state index in [9.17, 15) is 9.59 Å². The number of carbonyl (C=O) groups is 2. The highest BCUT2D eigenvalue weighted by atomic mass is 16.5. The Bertz CT molecular complexity index is 754. The molecular formula is C19H20N2O3. The first-order chi connectivity index (χ1) is 11.7. The maximum atomic E-state index is 12.3. The van der Waals surface area contributed by atoms with E-state index in [0.717, 1.165) is 23.3 Å². The number of fused-ring (bicyclic) bond motifs is 1. The first-order valence-electron chi connectivity index (χ1n) is 8.08. The van der Waals surface area contributed by atoms with Crippen LogP contribution in [0.5, 0.6) is 5.75 Å². The summed E-state index contributed by atoms with van der Waals surface area (Å²) >= 11 is 0. The lowest BCUT2D eigenvalue weighted by Gasteiger charge is -2.08. The van der Waals surface area contributed by atoms with Crippen molar-refractivity contribution < 1.29 is 14.3 Å². The van der Waals surface area contributed by atoms with Gasteiger partial charge in [0.25, 0.3) is 11.8 Å². The lowest BCUT2D eigenvalue weighted by Crippen LogP contribution is -2.24. The van der Waals surface area contributed by atoms with E-state index in [1.165, 1.54) is 0 Å². The third-order valence-corrected chi connectivity index (χ3v) is 3.96. The Hall–Kier alpha value is -2.82. The van der Waals surface area contributed by atoms with Crippen molar-refractivity contribution in [2.24, 2.45) is 0 Å². The monoisotopic (exact) mass is 324 g/mol. The highest BCUT2D eigenvalue weighted by Crippen LogP contribution is 2.25. The van der Waals surface area contributed by atoms with E-state index in [1.807, 2.05) is 31.2 Å². The fourth-order valence-corrected chi connectivity index (χ4v) is 2.65. The molecule has 0 radical (unpaired) electrons. The van der Waals surface area contributed by atoms with Gasteiger partial charge in [-0.3, -0.25) is 9.59 Å². The van der Waals surface area contributed by atoms with Gasteiger partial charge in [0.1, 0.15) is 5.75 Å². The first-order valence-corrected chi connectivity index (χ1v) is 8.08. The number of rotatable bonds is 5. The molecule has 3 rings (SSSR count). The molecule has 24 heavy (non-hydrogen) atoms. The van der Waals surface area contributed by atoms with Crippen molar-refractivity contribution in [1.82, 2.24) is 10.6 Å². The summed E-state index contributed by atoms with van der Waals surface area (Å²) in [5.74, 6) is 0.665. The van der Waals surface area contributed by atoms with Crippen LogP contribution in [0.15, 0.2) is 42.5 Å². The van der Waals surface area contributed by atoms with Crippen LogP contribution in [0.1, 0.15) is 38.8 Å². The number of amides is 2. The average Bonchev–Trinajstić information content (AvgIpc) is 3.08. The topological polar surface area (TPSA) is 67.4 Å². The van der Waals surface area contributed by atoms with E-state index in [4.69, 9.17) is 4.74 Å². The Morgan fingerprint density at radius 1 is 1.00 bits per heavy atom. The minimum absolute atomic E-state index is 0.0894. The molecule has 2 N–H and O–H groups in total. The summed E-state index contributed by atoms with van der Waals surface area (Å²) in [7, 11) is 0. The summed E-state index contributed by atoms with van der Waals surface area (Å²) in [6.07, 6.45) is 0.845. The van der Waals surface area contributed by atoms with Gasteiger partial charge in [-0.2, -0.15) is 0 Å². The summed E-state index contributed by atoms with van der Waals surface area (Å²) in [6.45, 7) is 3.58. The summed E-state index contributed by atoms with van der Waals surface area (Å²) in [6, 6.07) is 12.7. The summed E-state index contributed by atoms with van der Waals surface area (Å²) in [4.78, 5) is 24.0. The molecule has 0 fully saturated rings. The molecule has 5 heteroatoms. The van der Waals surface area contributed by atoms with Gasteiger partial charge in [-0.15, -0.1) is 0 Å². The molecule has 0 saturated carbocycles. The molecule has 5 nitrogen and oxygen atoms in total. The normalized spacial score (nSPS) is 12.2. The zero-order valence-electron chi connectivity index (χ0n) is 13.6. The Kier molecular flexibility index (Phi) is 4.79. The second-order valence-electron chi connectivity index (χ2n) is 5.66. The molecule has 0 aromatic heterocycles. The SMILES string of the molecule is CCNC(=O)c1ccc(CNC(=O)c2ccc3c(c2)CCO3)cc1. The van der Waals surface area contributed by atoms with Crippen molar-refractivity contribution in [2.75, 3.05) is 13.2 Å². The summed E-state index contributed by atoms with van der Waals surface area (Å²) in [5, 5.41) is 5.65. The minimum atomic E-state index is -0.113. The van der Waals surface area contributed by atoms with Gasteiger partial charge in [-0.05, 0) is 48.4 Å². The molecule has 0 atom stereocenters. The highest BCUT2D eigenvalue weighted by molar-refractivity contribution is 5.95. The largest absolute Gasteiger partial charge is 0.493 e. The highest BCUT2D eigenvalue weighted by Gasteiger charge is 2.14. The second kappa shape index (κ2) is 7.17. The maximum Gasteiger partial charge on any atom is 0.251 e.